The van der Waals surface area contributed by atoms with Crippen molar-refractivity contribution in [3.05, 3.63) is 59.7 Å². The second-order valence-electron chi connectivity index (χ2n) is 7.80. The van der Waals surface area contributed by atoms with Crippen LogP contribution in [0.4, 0.5) is 5.69 Å². The average Bonchev–Trinajstić information content (AvgIpc) is 3.13. The van der Waals surface area contributed by atoms with Crippen molar-refractivity contribution in [2.45, 2.75) is 37.6 Å². The number of hydrogen-bond acceptors (Lipinski definition) is 4. The van der Waals surface area contributed by atoms with Crippen molar-refractivity contribution in [1.82, 2.24) is 4.90 Å². The standard InChI is InChI=1S/C23H27N3O3/c24-20-15-26(14-19(20)16-5-2-1-3-6-16)23(28)7-4-12-29-18-9-10-21-17(13-18)8-11-22(27)25-21/h1-3,5-6,9-10,13,19-20H,4,7-8,11-12,14-15,24H2,(H,25,27)/t19-,20+/m0/s1. The van der Waals surface area contributed by atoms with Crippen molar-refractivity contribution < 1.29 is 14.3 Å². The van der Waals surface area contributed by atoms with Crippen LogP contribution in [0.2, 0.25) is 0 Å². The summed E-state index contributed by atoms with van der Waals surface area (Å²) in [7, 11) is 0. The molecule has 1 saturated heterocycles. The molecule has 4 rings (SSSR count). The number of nitrogens with two attached hydrogens (primary N) is 1. The van der Waals surface area contributed by atoms with Gasteiger partial charge < -0.3 is 20.7 Å². The van der Waals surface area contributed by atoms with Crippen molar-refractivity contribution in [3.63, 3.8) is 0 Å². The molecule has 2 aliphatic heterocycles. The number of nitrogens with one attached hydrogen (secondary N) is 1. The first kappa shape index (κ1) is 19.5. The molecule has 0 spiro atoms. The van der Waals surface area contributed by atoms with E-state index in [1.54, 1.807) is 0 Å². The fraction of sp³-hybridized carbons (Fsp3) is 0.391. The molecule has 6 nitrogen and oxygen atoms in total. The maximum Gasteiger partial charge on any atom is 0.224 e. The van der Waals surface area contributed by atoms with Gasteiger partial charge in [0.1, 0.15) is 5.75 Å². The summed E-state index contributed by atoms with van der Waals surface area (Å²) >= 11 is 0. The van der Waals surface area contributed by atoms with Crippen molar-refractivity contribution in [2.75, 3.05) is 25.0 Å². The van der Waals surface area contributed by atoms with E-state index >= 15 is 0 Å². The van der Waals surface area contributed by atoms with E-state index in [-0.39, 0.29) is 23.8 Å². The highest BCUT2D eigenvalue weighted by Crippen LogP contribution is 2.28. The minimum Gasteiger partial charge on any atom is -0.494 e. The zero-order valence-electron chi connectivity index (χ0n) is 16.5. The van der Waals surface area contributed by atoms with Crippen LogP contribution in [0.3, 0.4) is 0 Å². The molecular formula is C23H27N3O3. The number of aryl methyl sites for hydroxylation is 1. The van der Waals surface area contributed by atoms with Crippen LogP contribution in [0.5, 0.6) is 5.75 Å². The molecule has 2 atom stereocenters. The van der Waals surface area contributed by atoms with Gasteiger partial charge in [0, 0.05) is 43.6 Å². The van der Waals surface area contributed by atoms with E-state index in [9.17, 15) is 9.59 Å². The van der Waals surface area contributed by atoms with Gasteiger partial charge in [0.2, 0.25) is 11.8 Å². The fourth-order valence-corrected chi connectivity index (χ4v) is 4.11. The molecule has 0 aliphatic carbocycles. The highest BCUT2D eigenvalue weighted by molar-refractivity contribution is 5.94. The Morgan fingerprint density at radius 2 is 1.97 bits per heavy atom. The lowest BCUT2D eigenvalue weighted by atomic mass is 9.95. The lowest BCUT2D eigenvalue weighted by Crippen LogP contribution is -2.32. The molecule has 1 fully saturated rings. The lowest BCUT2D eigenvalue weighted by molar-refractivity contribution is -0.130. The topological polar surface area (TPSA) is 84.7 Å². The molecule has 0 unspecified atom stereocenters. The molecule has 2 aromatic carbocycles. The summed E-state index contributed by atoms with van der Waals surface area (Å²) in [5.74, 6) is 1.17. The quantitative estimate of drug-likeness (QED) is 0.739. The molecular weight excluding hydrogens is 366 g/mol. The molecule has 0 bridgehead atoms. The molecule has 3 N–H and O–H groups in total. The van der Waals surface area contributed by atoms with E-state index in [0.29, 0.717) is 39.0 Å². The maximum absolute atomic E-state index is 12.6. The zero-order valence-corrected chi connectivity index (χ0v) is 16.5. The summed E-state index contributed by atoms with van der Waals surface area (Å²) in [6.45, 7) is 1.77. The lowest BCUT2D eigenvalue weighted by Gasteiger charge is -2.18. The third kappa shape index (κ3) is 4.59. The van der Waals surface area contributed by atoms with Gasteiger partial charge in [-0.3, -0.25) is 9.59 Å². The Bertz CT molecular complexity index is 884. The molecule has 2 heterocycles. The number of anilines is 1. The summed E-state index contributed by atoms with van der Waals surface area (Å²) in [4.78, 5) is 25.9. The van der Waals surface area contributed by atoms with Crippen LogP contribution >= 0.6 is 0 Å². The van der Waals surface area contributed by atoms with E-state index in [1.807, 2.05) is 41.3 Å². The number of fused-ring (bicyclic) bond motifs is 1. The first-order valence-electron chi connectivity index (χ1n) is 10.2. The van der Waals surface area contributed by atoms with Crippen LogP contribution in [0.25, 0.3) is 0 Å². The van der Waals surface area contributed by atoms with E-state index in [1.165, 1.54) is 5.56 Å². The summed E-state index contributed by atoms with van der Waals surface area (Å²) in [6.07, 6.45) is 2.35. The number of nitrogens with zero attached hydrogens (tertiary/aromatic N) is 1. The zero-order chi connectivity index (χ0) is 20.2. The van der Waals surface area contributed by atoms with Gasteiger partial charge in [0.15, 0.2) is 0 Å². The fourth-order valence-electron chi connectivity index (χ4n) is 4.11. The number of rotatable bonds is 6. The monoisotopic (exact) mass is 393 g/mol. The predicted molar refractivity (Wildman–Crippen MR) is 112 cm³/mol. The Morgan fingerprint density at radius 1 is 1.14 bits per heavy atom. The molecule has 0 aromatic heterocycles. The third-order valence-electron chi connectivity index (χ3n) is 5.72. The van der Waals surface area contributed by atoms with Gasteiger partial charge in [-0.15, -0.1) is 0 Å². The van der Waals surface area contributed by atoms with Crippen molar-refractivity contribution in [1.29, 1.82) is 0 Å². The first-order chi connectivity index (χ1) is 14.1. The molecule has 6 heteroatoms. The number of benzene rings is 2. The molecule has 0 radical (unpaired) electrons. The van der Waals surface area contributed by atoms with Crippen LogP contribution in [0.1, 0.15) is 36.3 Å². The molecule has 152 valence electrons. The third-order valence-corrected chi connectivity index (χ3v) is 5.72. The van der Waals surface area contributed by atoms with Gasteiger partial charge in [0.25, 0.3) is 0 Å². The van der Waals surface area contributed by atoms with E-state index < -0.39 is 0 Å². The number of ether oxygens (including phenoxy) is 1. The Labute approximate surface area is 171 Å². The van der Waals surface area contributed by atoms with Gasteiger partial charge in [-0.05, 0) is 42.2 Å². The van der Waals surface area contributed by atoms with Crippen molar-refractivity contribution >= 4 is 17.5 Å². The number of carbonyl (C=O) groups excluding carboxylic acids is 2. The van der Waals surface area contributed by atoms with Gasteiger partial charge >= 0.3 is 0 Å². The molecule has 0 saturated carbocycles. The smallest absolute Gasteiger partial charge is 0.224 e. The molecule has 2 aromatic rings. The minimum absolute atomic E-state index is 0.0198. The summed E-state index contributed by atoms with van der Waals surface area (Å²) in [5, 5.41) is 2.86. The van der Waals surface area contributed by atoms with E-state index in [4.69, 9.17) is 10.5 Å². The Kier molecular flexibility index (Phi) is 5.81. The van der Waals surface area contributed by atoms with Crippen molar-refractivity contribution in [3.8, 4) is 5.75 Å². The highest BCUT2D eigenvalue weighted by atomic mass is 16.5. The highest BCUT2D eigenvalue weighted by Gasteiger charge is 2.33. The summed E-state index contributed by atoms with van der Waals surface area (Å²) in [6, 6.07) is 15.9. The average molecular weight is 393 g/mol. The van der Waals surface area contributed by atoms with Gasteiger partial charge in [-0.25, -0.2) is 0 Å². The number of likely N-dealkylation sites (tertiary alicyclic amines) is 1. The number of amides is 2. The number of hydrogen-bond donors (Lipinski definition) is 2. The second-order valence-corrected chi connectivity index (χ2v) is 7.80. The Morgan fingerprint density at radius 3 is 2.79 bits per heavy atom. The van der Waals surface area contributed by atoms with Crippen LogP contribution < -0.4 is 15.8 Å². The van der Waals surface area contributed by atoms with Crippen LogP contribution in [-0.4, -0.2) is 42.5 Å². The van der Waals surface area contributed by atoms with E-state index in [0.717, 1.165) is 23.4 Å². The first-order valence-corrected chi connectivity index (χ1v) is 10.2. The van der Waals surface area contributed by atoms with Crippen LogP contribution in [0.15, 0.2) is 48.5 Å². The Balaban J connectivity index is 1.23. The number of carbonyl (C=O) groups is 2. The minimum atomic E-state index is -0.0198. The predicted octanol–water partition coefficient (Wildman–Crippen LogP) is 2.68. The SMILES string of the molecule is N[C@@H]1CN(C(=O)CCCOc2ccc3c(c2)CCC(=O)N3)C[C@H]1c1ccccc1. The van der Waals surface area contributed by atoms with Crippen LogP contribution in [0, 0.1) is 0 Å². The second kappa shape index (κ2) is 8.66. The van der Waals surface area contributed by atoms with Crippen molar-refractivity contribution in [2.24, 2.45) is 5.73 Å². The van der Waals surface area contributed by atoms with Gasteiger partial charge in [-0.1, -0.05) is 30.3 Å². The maximum atomic E-state index is 12.6. The molecule has 29 heavy (non-hydrogen) atoms. The van der Waals surface area contributed by atoms with Crippen LogP contribution in [-0.2, 0) is 16.0 Å². The van der Waals surface area contributed by atoms with E-state index in [2.05, 4.69) is 17.4 Å². The van der Waals surface area contributed by atoms with Gasteiger partial charge in [-0.2, -0.15) is 0 Å². The largest absolute Gasteiger partial charge is 0.494 e. The molecule has 2 amide bonds. The Hall–Kier alpha value is -2.86. The summed E-state index contributed by atoms with van der Waals surface area (Å²) < 4.78 is 5.82. The normalized spacial score (nSPS) is 20.9. The van der Waals surface area contributed by atoms with Gasteiger partial charge in [0.05, 0.1) is 6.61 Å². The summed E-state index contributed by atoms with van der Waals surface area (Å²) in [5.41, 5.74) is 9.44. The molecule has 2 aliphatic rings.